The van der Waals surface area contributed by atoms with Crippen molar-refractivity contribution in [3.05, 3.63) is 35.1 Å². The molecule has 0 spiro atoms. The third kappa shape index (κ3) is 1.91. The molecule has 0 atom stereocenters. The molecule has 1 aromatic carbocycles. The molecule has 1 aromatic rings. The minimum Gasteiger partial charge on any atom is -0.312 e. The van der Waals surface area contributed by atoms with Crippen LogP contribution in [0, 0.1) is 5.82 Å². The summed E-state index contributed by atoms with van der Waals surface area (Å²) < 4.78 is 12.9. The number of hydrogen-bond acceptors (Lipinski definition) is 1. The van der Waals surface area contributed by atoms with Crippen molar-refractivity contribution in [3.8, 4) is 0 Å². The maximum atomic E-state index is 12.9. The number of fused-ring (bicyclic) bond motifs is 1. The van der Waals surface area contributed by atoms with E-state index in [0.29, 0.717) is 0 Å². The molecule has 0 bridgehead atoms. The highest BCUT2D eigenvalue weighted by molar-refractivity contribution is 5.85. The molecule has 1 N–H and O–H groups in total. The maximum Gasteiger partial charge on any atom is 0.123 e. The molecule has 0 unspecified atom stereocenters. The van der Waals surface area contributed by atoms with E-state index in [9.17, 15) is 4.39 Å². The number of hydrogen-bond donors (Lipinski definition) is 1. The first kappa shape index (κ1) is 11.5. The van der Waals surface area contributed by atoms with E-state index < -0.39 is 0 Å². The molecule has 1 aliphatic heterocycles. The van der Waals surface area contributed by atoms with E-state index in [0.717, 1.165) is 18.7 Å². The van der Waals surface area contributed by atoms with Gasteiger partial charge in [-0.05, 0) is 23.3 Å². The van der Waals surface area contributed by atoms with E-state index in [1.807, 2.05) is 6.07 Å². The fourth-order valence-electron chi connectivity index (χ4n) is 1.97. The van der Waals surface area contributed by atoms with Gasteiger partial charge in [0.2, 0.25) is 0 Å². The van der Waals surface area contributed by atoms with Crippen LogP contribution in [0.1, 0.15) is 25.0 Å². The average Bonchev–Trinajstić information content (AvgIpc) is 2.02. The molecule has 3 heteroatoms. The summed E-state index contributed by atoms with van der Waals surface area (Å²) in [6, 6.07) is 5.08. The van der Waals surface area contributed by atoms with E-state index in [1.165, 1.54) is 5.56 Å². The Labute approximate surface area is 90.1 Å². The quantitative estimate of drug-likeness (QED) is 0.702. The van der Waals surface area contributed by atoms with Crippen molar-refractivity contribution < 1.29 is 4.39 Å². The lowest BCUT2D eigenvalue weighted by Gasteiger charge is -2.33. The van der Waals surface area contributed by atoms with Gasteiger partial charge in [0.25, 0.3) is 0 Å². The van der Waals surface area contributed by atoms with Gasteiger partial charge in [-0.15, -0.1) is 12.4 Å². The zero-order valence-corrected chi connectivity index (χ0v) is 9.25. The van der Waals surface area contributed by atoms with E-state index in [2.05, 4.69) is 19.2 Å². The Kier molecular flexibility index (Phi) is 3.17. The van der Waals surface area contributed by atoms with Gasteiger partial charge in [0.1, 0.15) is 5.82 Å². The molecule has 0 radical (unpaired) electrons. The van der Waals surface area contributed by atoms with Crippen LogP contribution in [0.2, 0.25) is 0 Å². The van der Waals surface area contributed by atoms with Crippen LogP contribution in [-0.4, -0.2) is 6.54 Å². The van der Waals surface area contributed by atoms with Gasteiger partial charge in [0.05, 0.1) is 0 Å². The van der Waals surface area contributed by atoms with Crippen molar-refractivity contribution in [2.24, 2.45) is 0 Å². The van der Waals surface area contributed by atoms with Crippen LogP contribution >= 0.6 is 12.4 Å². The monoisotopic (exact) mass is 215 g/mol. The van der Waals surface area contributed by atoms with Gasteiger partial charge in [-0.3, -0.25) is 0 Å². The summed E-state index contributed by atoms with van der Waals surface area (Å²) in [4.78, 5) is 0. The average molecular weight is 216 g/mol. The first-order chi connectivity index (χ1) is 6.09. The zero-order chi connectivity index (χ0) is 9.47. The van der Waals surface area contributed by atoms with Crippen LogP contribution in [0.5, 0.6) is 0 Å². The van der Waals surface area contributed by atoms with E-state index >= 15 is 0 Å². The molecule has 0 saturated carbocycles. The van der Waals surface area contributed by atoms with Gasteiger partial charge in [-0.2, -0.15) is 0 Å². The molecule has 1 nitrogen and oxygen atoms in total. The van der Waals surface area contributed by atoms with Gasteiger partial charge < -0.3 is 5.32 Å². The minimum absolute atomic E-state index is 0. The minimum atomic E-state index is -0.141. The van der Waals surface area contributed by atoms with E-state index in [-0.39, 0.29) is 23.6 Å². The van der Waals surface area contributed by atoms with Gasteiger partial charge in [-0.25, -0.2) is 4.39 Å². The largest absolute Gasteiger partial charge is 0.312 e. The third-order valence-corrected chi connectivity index (χ3v) is 2.68. The Hall–Kier alpha value is -0.600. The molecule has 0 fully saturated rings. The summed E-state index contributed by atoms with van der Waals surface area (Å²) in [6.45, 7) is 6.11. The van der Waals surface area contributed by atoms with Gasteiger partial charge in [0.15, 0.2) is 0 Å². The second-order valence-electron chi connectivity index (χ2n) is 4.29. The van der Waals surface area contributed by atoms with Crippen molar-refractivity contribution in [1.82, 2.24) is 5.32 Å². The number of benzene rings is 1. The number of halogens is 2. The fourth-order valence-corrected chi connectivity index (χ4v) is 1.97. The SMILES string of the molecule is CC1(C)CNCc2cc(F)ccc21.Cl. The summed E-state index contributed by atoms with van der Waals surface area (Å²) in [5.41, 5.74) is 2.49. The highest BCUT2D eigenvalue weighted by Crippen LogP contribution is 2.29. The summed E-state index contributed by atoms with van der Waals surface area (Å²) in [6.07, 6.45) is 0. The lowest BCUT2D eigenvalue weighted by molar-refractivity contribution is 0.432. The Balaban J connectivity index is 0.000000980. The molecular formula is C11H15ClFN. The van der Waals surface area contributed by atoms with Crippen LogP contribution in [-0.2, 0) is 12.0 Å². The molecular weight excluding hydrogens is 201 g/mol. The van der Waals surface area contributed by atoms with Gasteiger partial charge >= 0.3 is 0 Å². The van der Waals surface area contributed by atoms with Gasteiger partial charge in [-0.1, -0.05) is 19.9 Å². The molecule has 78 valence electrons. The summed E-state index contributed by atoms with van der Waals surface area (Å²) >= 11 is 0. The van der Waals surface area contributed by atoms with Crippen molar-refractivity contribution in [1.29, 1.82) is 0 Å². The molecule has 0 saturated heterocycles. The standard InChI is InChI=1S/C11H14FN.ClH/c1-11(2)7-13-6-8-5-9(12)3-4-10(8)11;/h3-5,13H,6-7H2,1-2H3;1H. The summed E-state index contributed by atoms with van der Waals surface area (Å²) in [7, 11) is 0. The molecule has 0 aliphatic carbocycles. The second-order valence-corrected chi connectivity index (χ2v) is 4.29. The predicted molar refractivity (Wildman–Crippen MR) is 58.4 cm³/mol. The molecule has 2 rings (SSSR count). The summed E-state index contributed by atoms with van der Waals surface area (Å²) in [5.74, 6) is -0.141. The first-order valence-electron chi connectivity index (χ1n) is 4.59. The number of rotatable bonds is 0. The van der Waals surface area contributed by atoms with E-state index in [4.69, 9.17) is 0 Å². The Morgan fingerprint density at radius 2 is 2.07 bits per heavy atom. The lowest BCUT2D eigenvalue weighted by Crippen LogP contribution is -2.38. The predicted octanol–water partition coefficient (Wildman–Crippen LogP) is 2.63. The Morgan fingerprint density at radius 1 is 1.36 bits per heavy atom. The maximum absolute atomic E-state index is 12.9. The highest BCUT2D eigenvalue weighted by atomic mass is 35.5. The lowest BCUT2D eigenvalue weighted by atomic mass is 9.79. The Morgan fingerprint density at radius 3 is 2.79 bits per heavy atom. The zero-order valence-electron chi connectivity index (χ0n) is 8.43. The van der Waals surface area contributed by atoms with Crippen molar-refractivity contribution in [2.45, 2.75) is 25.8 Å². The first-order valence-corrected chi connectivity index (χ1v) is 4.59. The molecule has 1 heterocycles. The van der Waals surface area contributed by atoms with Crippen LogP contribution in [0.15, 0.2) is 18.2 Å². The normalized spacial score (nSPS) is 18.2. The van der Waals surface area contributed by atoms with Crippen molar-refractivity contribution >= 4 is 12.4 Å². The van der Waals surface area contributed by atoms with Crippen LogP contribution in [0.4, 0.5) is 4.39 Å². The smallest absolute Gasteiger partial charge is 0.123 e. The third-order valence-electron chi connectivity index (χ3n) is 2.68. The molecule has 0 aromatic heterocycles. The molecule has 0 amide bonds. The van der Waals surface area contributed by atoms with Crippen molar-refractivity contribution in [3.63, 3.8) is 0 Å². The topological polar surface area (TPSA) is 12.0 Å². The van der Waals surface area contributed by atoms with E-state index in [1.54, 1.807) is 12.1 Å². The molecule has 1 aliphatic rings. The van der Waals surface area contributed by atoms with Crippen LogP contribution in [0.25, 0.3) is 0 Å². The second kappa shape index (κ2) is 3.87. The number of nitrogens with one attached hydrogen (secondary N) is 1. The fraction of sp³-hybridized carbons (Fsp3) is 0.455. The summed E-state index contributed by atoms with van der Waals surface area (Å²) in [5, 5.41) is 3.29. The molecule has 14 heavy (non-hydrogen) atoms. The van der Waals surface area contributed by atoms with Crippen LogP contribution in [0.3, 0.4) is 0 Å². The Bertz CT molecular complexity index is 336. The van der Waals surface area contributed by atoms with Gasteiger partial charge in [0, 0.05) is 18.5 Å². The highest BCUT2D eigenvalue weighted by Gasteiger charge is 2.26. The van der Waals surface area contributed by atoms with Crippen molar-refractivity contribution in [2.75, 3.05) is 6.54 Å². The van der Waals surface area contributed by atoms with Crippen LogP contribution < -0.4 is 5.32 Å².